The number of nitrogens with one attached hydrogen (secondary N) is 1. The molecule has 9 nitrogen and oxygen atoms in total. The molecule has 168 valence electrons. The maximum atomic E-state index is 12.6. The van der Waals surface area contributed by atoms with Gasteiger partial charge >= 0.3 is 5.69 Å². The third-order valence-electron chi connectivity index (χ3n) is 5.25. The molecule has 0 aliphatic heterocycles. The zero-order valence-electron chi connectivity index (χ0n) is 18.0. The number of anilines is 1. The van der Waals surface area contributed by atoms with Crippen LogP contribution in [0.1, 0.15) is 32.9 Å². The van der Waals surface area contributed by atoms with Crippen molar-refractivity contribution in [3.63, 3.8) is 0 Å². The predicted molar refractivity (Wildman–Crippen MR) is 125 cm³/mol. The van der Waals surface area contributed by atoms with Crippen LogP contribution < -0.4 is 5.32 Å². The fourth-order valence-electron chi connectivity index (χ4n) is 3.55. The van der Waals surface area contributed by atoms with Crippen LogP contribution in [-0.4, -0.2) is 30.4 Å². The third kappa shape index (κ3) is 4.93. The Labute approximate surface area is 194 Å². The molecule has 1 amide bonds. The highest BCUT2D eigenvalue weighted by molar-refractivity contribution is 6.31. The van der Waals surface area contributed by atoms with Crippen LogP contribution in [0.5, 0.6) is 0 Å². The van der Waals surface area contributed by atoms with Gasteiger partial charge in [-0.25, -0.2) is 0 Å². The predicted octanol–water partition coefficient (Wildman–Crippen LogP) is 4.61. The molecule has 4 rings (SSSR count). The zero-order valence-corrected chi connectivity index (χ0v) is 18.8. The Hall–Kier alpha value is -3.98. The van der Waals surface area contributed by atoms with E-state index in [0.29, 0.717) is 40.9 Å². The van der Waals surface area contributed by atoms with Crippen molar-refractivity contribution in [2.75, 3.05) is 5.32 Å². The molecule has 0 fully saturated rings. The van der Waals surface area contributed by atoms with Crippen LogP contribution in [0.15, 0.2) is 60.8 Å². The van der Waals surface area contributed by atoms with E-state index in [9.17, 15) is 14.9 Å². The van der Waals surface area contributed by atoms with Gasteiger partial charge in [0.15, 0.2) is 5.82 Å². The minimum Gasteiger partial charge on any atom is -0.305 e. The van der Waals surface area contributed by atoms with Crippen LogP contribution in [0.4, 0.5) is 11.5 Å². The minimum atomic E-state index is -0.419. The van der Waals surface area contributed by atoms with E-state index in [1.807, 2.05) is 24.3 Å². The van der Waals surface area contributed by atoms with Crippen molar-refractivity contribution in [2.24, 2.45) is 0 Å². The van der Waals surface area contributed by atoms with Crippen molar-refractivity contribution in [1.29, 1.82) is 0 Å². The number of hydrogen-bond donors (Lipinski definition) is 1. The molecular formula is C23H21ClN6O3. The van der Waals surface area contributed by atoms with Gasteiger partial charge in [0.25, 0.3) is 5.91 Å². The summed E-state index contributed by atoms with van der Waals surface area (Å²) in [6, 6.07) is 16.2. The second-order valence-corrected chi connectivity index (χ2v) is 7.98. The first kappa shape index (κ1) is 22.2. The van der Waals surface area contributed by atoms with E-state index >= 15 is 0 Å². The van der Waals surface area contributed by atoms with E-state index in [-0.39, 0.29) is 11.6 Å². The number of amides is 1. The second-order valence-electron chi connectivity index (χ2n) is 7.58. The summed E-state index contributed by atoms with van der Waals surface area (Å²) < 4.78 is 3.29. The fourth-order valence-corrected chi connectivity index (χ4v) is 3.74. The summed E-state index contributed by atoms with van der Waals surface area (Å²) in [7, 11) is 0. The maximum Gasteiger partial charge on any atom is 0.312 e. The first-order valence-corrected chi connectivity index (χ1v) is 10.5. The summed E-state index contributed by atoms with van der Waals surface area (Å²) in [5.74, 6) is 0.150. The first-order valence-electron chi connectivity index (χ1n) is 10.2. The van der Waals surface area contributed by atoms with Crippen molar-refractivity contribution >= 4 is 29.0 Å². The van der Waals surface area contributed by atoms with Gasteiger partial charge in [0.1, 0.15) is 11.4 Å². The molecule has 0 aliphatic rings. The van der Waals surface area contributed by atoms with Gasteiger partial charge in [-0.3, -0.25) is 24.3 Å². The van der Waals surface area contributed by atoms with E-state index in [4.69, 9.17) is 11.6 Å². The molecule has 2 aromatic heterocycles. The Balaban J connectivity index is 1.40. The van der Waals surface area contributed by atoms with Crippen molar-refractivity contribution in [1.82, 2.24) is 19.6 Å². The van der Waals surface area contributed by atoms with Crippen LogP contribution in [-0.2, 0) is 13.1 Å². The number of nitro groups is 1. The lowest BCUT2D eigenvalue weighted by Crippen LogP contribution is -2.13. The Morgan fingerprint density at radius 1 is 1.06 bits per heavy atom. The molecule has 0 bridgehead atoms. The number of halogens is 1. The Morgan fingerprint density at radius 3 is 2.45 bits per heavy atom. The Morgan fingerprint density at radius 2 is 1.79 bits per heavy atom. The zero-order chi connectivity index (χ0) is 23.5. The monoisotopic (exact) mass is 464 g/mol. The SMILES string of the molecule is Cc1nn(Cc2ccc(C(=O)Nc3ccn(Cc4ccccc4Cl)n3)cc2)c(C)c1[N+](=O)[O-]. The molecule has 0 spiro atoms. The number of carbonyl (C=O) groups is 1. The Bertz CT molecular complexity index is 1330. The minimum absolute atomic E-state index is 0.0278. The van der Waals surface area contributed by atoms with Gasteiger partial charge < -0.3 is 5.32 Å². The van der Waals surface area contributed by atoms with Crippen LogP contribution >= 0.6 is 11.6 Å². The molecule has 0 radical (unpaired) electrons. The third-order valence-corrected chi connectivity index (χ3v) is 5.62. The first-order chi connectivity index (χ1) is 15.8. The number of aromatic nitrogens is 4. The fraction of sp³-hybridized carbons (Fsp3) is 0.174. The van der Waals surface area contributed by atoms with Gasteiger partial charge in [0, 0.05) is 22.8 Å². The van der Waals surface area contributed by atoms with Gasteiger partial charge in [-0.2, -0.15) is 10.2 Å². The smallest absolute Gasteiger partial charge is 0.305 e. The molecule has 10 heteroatoms. The van der Waals surface area contributed by atoms with Crippen molar-refractivity contribution in [3.8, 4) is 0 Å². The summed E-state index contributed by atoms with van der Waals surface area (Å²) in [5.41, 5.74) is 3.17. The standard InChI is InChI=1S/C23H21ClN6O3/c1-15-22(30(32)33)16(2)29(26-15)13-17-7-9-18(10-8-17)23(31)25-21-11-12-28(27-21)14-19-5-3-4-6-20(19)24/h3-12H,13-14H2,1-2H3,(H,25,27,31). The lowest BCUT2D eigenvalue weighted by molar-refractivity contribution is -0.386. The lowest BCUT2D eigenvalue weighted by Gasteiger charge is -2.06. The molecule has 33 heavy (non-hydrogen) atoms. The van der Waals surface area contributed by atoms with E-state index in [1.165, 1.54) is 0 Å². The van der Waals surface area contributed by atoms with Crippen molar-refractivity contribution in [2.45, 2.75) is 26.9 Å². The summed E-state index contributed by atoms with van der Waals surface area (Å²) in [5, 5.41) is 23.3. The topological polar surface area (TPSA) is 108 Å². The van der Waals surface area contributed by atoms with Gasteiger partial charge in [0.05, 0.1) is 18.0 Å². The largest absolute Gasteiger partial charge is 0.312 e. The van der Waals surface area contributed by atoms with Crippen LogP contribution in [0.2, 0.25) is 5.02 Å². The number of benzene rings is 2. The quantitative estimate of drug-likeness (QED) is 0.317. The molecule has 0 saturated heterocycles. The highest BCUT2D eigenvalue weighted by atomic mass is 35.5. The second kappa shape index (κ2) is 9.25. The number of aryl methyl sites for hydroxylation is 1. The molecule has 0 aliphatic carbocycles. The molecule has 0 saturated carbocycles. The normalized spacial score (nSPS) is 10.9. The Kier molecular flexibility index (Phi) is 6.23. The van der Waals surface area contributed by atoms with Crippen LogP contribution in [0.25, 0.3) is 0 Å². The van der Waals surface area contributed by atoms with Gasteiger partial charge in [-0.05, 0) is 43.2 Å². The average molecular weight is 465 g/mol. The average Bonchev–Trinajstić information content (AvgIpc) is 3.33. The van der Waals surface area contributed by atoms with Crippen molar-refractivity contribution < 1.29 is 9.72 Å². The molecule has 0 unspecified atom stereocenters. The molecule has 2 heterocycles. The van der Waals surface area contributed by atoms with Crippen LogP contribution in [0, 0.1) is 24.0 Å². The van der Waals surface area contributed by atoms with Gasteiger partial charge in [0.2, 0.25) is 0 Å². The number of hydrogen-bond acceptors (Lipinski definition) is 5. The summed E-state index contributed by atoms with van der Waals surface area (Å²) >= 11 is 6.19. The van der Waals surface area contributed by atoms with E-state index in [0.717, 1.165) is 11.1 Å². The van der Waals surface area contributed by atoms with Crippen LogP contribution in [0.3, 0.4) is 0 Å². The number of rotatable bonds is 7. The molecule has 1 N–H and O–H groups in total. The summed E-state index contributed by atoms with van der Waals surface area (Å²) in [4.78, 5) is 23.4. The number of nitrogens with zero attached hydrogens (tertiary/aromatic N) is 5. The molecule has 4 aromatic rings. The number of carbonyl (C=O) groups excluding carboxylic acids is 1. The lowest BCUT2D eigenvalue weighted by atomic mass is 10.1. The summed E-state index contributed by atoms with van der Waals surface area (Å²) in [6.07, 6.45) is 1.77. The van der Waals surface area contributed by atoms with E-state index in [2.05, 4.69) is 15.5 Å². The molecule has 0 atom stereocenters. The van der Waals surface area contributed by atoms with E-state index < -0.39 is 4.92 Å². The summed E-state index contributed by atoms with van der Waals surface area (Å²) in [6.45, 7) is 4.15. The van der Waals surface area contributed by atoms with Crippen molar-refractivity contribution in [3.05, 3.63) is 104 Å². The molecule has 2 aromatic carbocycles. The maximum absolute atomic E-state index is 12.6. The highest BCUT2D eigenvalue weighted by Gasteiger charge is 2.21. The molecular weight excluding hydrogens is 444 g/mol. The van der Waals surface area contributed by atoms with Gasteiger partial charge in [-0.1, -0.05) is 41.9 Å². The van der Waals surface area contributed by atoms with Gasteiger partial charge in [-0.15, -0.1) is 0 Å². The highest BCUT2D eigenvalue weighted by Crippen LogP contribution is 2.23. The van der Waals surface area contributed by atoms with E-state index in [1.54, 1.807) is 59.7 Å².